The molecule has 6 nitrogen and oxygen atoms in total. The van der Waals surface area contributed by atoms with E-state index in [9.17, 15) is 9.59 Å². The zero-order chi connectivity index (χ0) is 16.4. The number of amides is 1. The number of hydrogen-bond donors (Lipinski definition) is 3. The number of benzene rings is 1. The minimum Gasteiger partial charge on any atom is -0.481 e. The van der Waals surface area contributed by atoms with Crippen LogP contribution in [-0.2, 0) is 4.79 Å². The minimum absolute atomic E-state index is 0.170. The summed E-state index contributed by atoms with van der Waals surface area (Å²) in [6, 6.07) is 8.63. The molecule has 1 fully saturated rings. The molecule has 1 heterocycles. The highest BCUT2D eigenvalue weighted by Gasteiger charge is 2.27. The van der Waals surface area contributed by atoms with Crippen LogP contribution in [0, 0.1) is 6.92 Å². The van der Waals surface area contributed by atoms with E-state index in [0.717, 1.165) is 29.7 Å². The molecule has 3 N–H and O–H groups in total. The van der Waals surface area contributed by atoms with Crippen LogP contribution in [0.4, 0.5) is 0 Å². The summed E-state index contributed by atoms with van der Waals surface area (Å²) >= 11 is 0. The Hall–Kier alpha value is -2.63. The molecule has 1 saturated carbocycles. The van der Waals surface area contributed by atoms with Crippen LogP contribution >= 0.6 is 0 Å². The Kier molecular flexibility index (Phi) is 4.14. The molecule has 23 heavy (non-hydrogen) atoms. The van der Waals surface area contributed by atoms with E-state index in [1.54, 1.807) is 6.07 Å². The number of aryl methyl sites for hydroxylation is 1. The topological polar surface area (TPSA) is 95.1 Å². The van der Waals surface area contributed by atoms with E-state index in [1.165, 1.54) is 0 Å². The van der Waals surface area contributed by atoms with Gasteiger partial charge in [0.05, 0.1) is 12.5 Å². The van der Waals surface area contributed by atoms with Crippen LogP contribution in [0.5, 0.6) is 0 Å². The minimum atomic E-state index is -0.959. The van der Waals surface area contributed by atoms with Crippen LogP contribution in [0.15, 0.2) is 30.3 Å². The fourth-order valence-electron chi connectivity index (χ4n) is 2.68. The van der Waals surface area contributed by atoms with Crippen molar-refractivity contribution in [2.45, 2.75) is 38.1 Å². The number of aromatic nitrogens is 2. The first-order chi connectivity index (χ1) is 11.0. The van der Waals surface area contributed by atoms with Crippen LogP contribution < -0.4 is 5.32 Å². The number of aliphatic carboxylic acids is 1. The standard InChI is InChI=1S/C17H19N3O3/c1-10-4-2-3-5-12(10)14(9-16(21)22)18-17(23)15-8-13(19-20-15)11-6-7-11/h2-5,8,11,14H,6-7,9H2,1H3,(H,18,23)(H,19,20)(H,21,22). The Labute approximate surface area is 133 Å². The summed E-state index contributed by atoms with van der Waals surface area (Å²) in [5.74, 6) is -0.836. The maximum absolute atomic E-state index is 12.4. The normalized spacial score (nSPS) is 15.2. The largest absolute Gasteiger partial charge is 0.481 e. The lowest BCUT2D eigenvalue weighted by Crippen LogP contribution is -2.31. The van der Waals surface area contributed by atoms with Gasteiger partial charge in [-0.2, -0.15) is 5.10 Å². The molecule has 2 aromatic rings. The van der Waals surface area contributed by atoms with Crippen molar-refractivity contribution in [1.82, 2.24) is 15.5 Å². The van der Waals surface area contributed by atoms with Crippen LogP contribution in [0.2, 0.25) is 0 Å². The van der Waals surface area contributed by atoms with E-state index in [2.05, 4.69) is 15.5 Å². The highest BCUT2D eigenvalue weighted by Crippen LogP contribution is 2.39. The summed E-state index contributed by atoms with van der Waals surface area (Å²) in [6.45, 7) is 1.90. The molecule has 1 aromatic carbocycles. The number of carbonyl (C=O) groups is 2. The SMILES string of the molecule is Cc1ccccc1C(CC(=O)O)NC(=O)c1cc(C2CC2)[nH]n1. The smallest absolute Gasteiger partial charge is 0.305 e. The first-order valence-corrected chi connectivity index (χ1v) is 7.68. The third kappa shape index (κ3) is 3.59. The van der Waals surface area contributed by atoms with Gasteiger partial charge in [0.1, 0.15) is 5.69 Å². The fourth-order valence-corrected chi connectivity index (χ4v) is 2.68. The van der Waals surface area contributed by atoms with Gasteiger partial charge in [0.2, 0.25) is 0 Å². The van der Waals surface area contributed by atoms with Crippen molar-refractivity contribution in [2.75, 3.05) is 0 Å². The van der Waals surface area contributed by atoms with Crippen molar-refractivity contribution in [2.24, 2.45) is 0 Å². The van der Waals surface area contributed by atoms with Crippen molar-refractivity contribution in [3.05, 3.63) is 52.8 Å². The molecule has 1 aliphatic rings. The van der Waals surface area contributed by atoms with Crippen LogP contribution in [0.25, 0.3) is 0 Å². The highest BCUT2D eigenvalue weighted by molar-refractivity contribution is 5.93. The lowest BCUT2D eigenvalue weighted by molar-refractivity contribution is -0.137. The van der Waals surface area contributed by atoms with Crippen molar-refractivity contribution < 1.29 is 14.7 Å². The molecule has 1 amide bonds. The van der Waals surface area contributed by atoms with E-state index < -0.39 is 12.0 Å². The monoisotopic (exact) mass is 313 g/mol. The third-order valence-corrected chi connectivity index (χ3v) is 4.10. The predicted octanol–water partition coefficient (Wildman–Crippen LogP) is 2.54. The van der Waals surface area contributed by atoms with E-state index in [-0.39, 0.29) is 12.3 Å². The predicted molar refractivity (Wildman–Crippen MR) is 84.2 cm³/mol. The zero-order valence-electron chi connectivity index (χ0n) is 12.9. The van der Waals surface area contributed by atoms with Gasteiger partial charge in [0.25, 0.3) is 5.91 Å². The Balaban J connectivity index is 1.78. The van der Waals surface area contributed by atoms with Crippen LogP contribution in [-0.4, -0.2) is 27.2 Å². The fraction of sp³-hybridized carbons (Fsp3) is 0.353. The average molecular weight is 313 g/mol. The number of H-pyrrole nitrogens is 1. The van der Waals surface area contributed by atoms with Gasteiger partial charge in [-0.15, -0.1) is 0 Å². The number of aromatic amines is 1. The molecule has 0 radical (unpaired) electrons. The number of rotatable bonds is 6. The van der Waals surface area contributed by atoms with Crippen molar-refractivity contribution >= 4 is 11.9 Å². The van der Waals surface area contributed by atoms with Crippen LogP contribution in [0.1, 0.15) is 58.5 Å². The number of nitrogens with zero attached hydrogens (tertiary/aromatic N) is 1. The number of nitrogens with one attached hydrogen (secondary N) is 2. The van der Waals surface area contributed by atoms with E-state index in [1.807, 2.05) is 31.2 Å². The Morgan fingerprint density at radius 2 is 2.13 bits per heavy atom. The molecule has 1 aliphatic carbocycles. The summed E-state index contributed by atoms with van der Waals surface area (Å²) in [5, 5.41) is 18.9. The van der Waals surface area contributed by atoms with Gasteiger partial charge in [0.15, 0.2) is 0 Å². The lowest BCUT2D eigenvalue weighted by Gasteiger charge is -2.18. The molecule has 6 heteroatoms. The first kappa shape index (κ1) is 15.3. The summed E-state index contributed by atoms with van der Waals surface area (Å²) in [5.41, 5.74) is 3.03. The third-order valence-electron chi connectivity index (χ3n) is 4.10. The van der Waals surface area contributed by atoms with Crippen molar-refractivity contribution in [3.63, 3.8) is 0 Å². The molecule has 0 aliphatic heterocycles. The second-order valence-electron chi connectivity index (χ2n) is 5.96. The maximum atomic E-state index is 12.4. The molecule has 0 spiro atoms. The van der Waals surface area contributed by atoms with Gasteiger partial charge in [-0.1, -0.05) is 24.3 Å². The number of hydrogen-bond acceptors (Lipinski definition) is 3. The lowest BCUT2D eigenvalue weighted by atomic mass is 9.98. The van der Waals surface area contributed by atoms with Gasteiger partial charge < -0.3 is 10.4 Å². The molecule has 1 atom stereocenters. The summed E-state index contributed by atoms with van der Waals surface area (Å²) in [6.07, 6.45) is 2.07. The quantitative estimate of drug-likeness (QED) is 0.763. The molecule has 3 rings (SSSR count). The van der Waals surface area contributed by atoms with Gasteiger partial charge >= 0.3 is 5.97 Å². The molecule has 120 valence electrons. The number of carboxylic acid groups (broad SMARTS) is 1. The van der Waals surface area contributed by atoms with E-state index in [4.69, 9.17) is 5.11 Å². The van der Waals surface area contributed by atoms with Crippen molar-refractivity contribution in [3.8, 4) is 0 Å². The van der Waals surface area contributed by atoms with Crippen LogP contribution in [0.3, 0.4) is 0 Å². The zero-order valence-corrected chi connectivity index (χ0v) is 12.9. The molecule has 1 unspecified atom stereocenters. The average Bonchev–Trinajstić information content (AvgIpc) is 3.24. The molecular weight excluding hydrogens is 294 g/mol. The number of carbonyl (C=O) groups excluding carboxylic acids is 1. The van der Waals surface area contributed by atoms with Gasteiger partial charge in [-0.25, -0.2) is 0 Å². The Morgan fingerprint density at radius 1 is 1.39 bits per heavy atom. The maximum Gasteiger partial charge on any atom is 0.305 e. The Bertz CT molecular complexity index is 734. The second-order valence-corrected chi connectivity index (χ2v) is 5.96. The van der Waals surface area contributed by atoms with E-state index >= 15 is 0 Å². The van der Waals surface area contributed by atoms with Crippen molar-refractivity contribution in [1.29, 1.82) is 0 Å². The number of carboxylic acids is 1. The molecular formula is C17H19N3O3. The van der Waals surface area contributed by atoms with Gasteiger partial charge in [-0.05, 0) is 37.0 Å². The molecule has 1 aromatic heterocycles. The molecule has 0 bridgehead atoms. The summed E-state index contributed by atoms with van der Waals surface area (Å²) < 4.78 is 0. The Morgan fingerprint density at radius 3 is 2.78 bits per heavy atom. The van der Waals surface area contributed by atoms with E-state index in [0.29, 0.717) is 11.6 Å². The van der Waals surface area contributed by atoms with Gasteiger partial charge in [-0.3, -0.25) is 14.7 Å². The highest BCUT2D eigenvalue weighted by atomic mass is 16.4. The summed E-state index contributed by atoms with van der Waals surface area (Å²) in [7, 11) is 0. The summed E-state index contributed by atoms with van der Waals surface area (Å²) in [4.78, 5) is 23.5. The first-order valence-electron chi connectivity index (χ1n) is 7.68. The van der Waals surface area contributed by atoms with Gasteiger partial charge in [0, 0.05) is 11.6 Å². The molecule has 0 saturated heterocycles. The second kappa shape index (κ2) is 6.24.